The molecule has 1 rings (SSSR count). The Balaban J connectivity index is 0.00000256. The number of aromatic hydroxyl groups is 1. The monoisotopic (exact) mass is 321 g/mol. The van der Waals surface area contributed by atoms with Crippen LogP contribution in [0.3, 0.4) is 0 Å². The molecule has 0 radical (unpaired) electrons. The molecule has 96 valence electrons. The molecule has 1 aromatic rings. The fourth-order valence-electron chi connectivity index (χ4n) is 1.56. The zero-order chi connectivity index (χ0) is 12.3. The number of benzene rings is 1. The number of hydrogen-bond acceptors (Lipinski definition) is 3. The first kappa shape index (κ1) is 16.3. The number of phenolic OH excluding ortho intramolecular Hbond substituents is 1. The molecule has 3 N–H and O–H groups in total. The molecule has 0 amide bonds. The molecule has 0 aliphatic heterocycles. The lowest BCUT2D eigenvalue weighted by Crippen LogP contribution is -2.11. The van der Waals surface area contributed by atoms with Gasteiger partial charge >= 0.3 is 0 Å². The van der Waals surface area contributed by atoms with Gasteiger partial charge in [-0.25, -0.2) is 0 Å². The van der Waals surface area contributed by atoms with Gasteiger partial charge in [0, 0.05) is 16.1 Å². The zero-order valence-electron chi connectivity index (χ0n) is 9.87. The Kier molecular flexibility index (Phi) is 6.60. The molecular formula is C12H17BrClNO2. The summed E-state index contributed by atoms with van der Waals surface area (Å²) in [7, 11) is 1.51. The van der Waals surface area contributed by atoms with Crippen LogP contribution < -0.4 is 10.5 Å². The van der Waals surface area contributed by atoms with Crippen LogP contribution in [0.25, 0.3) is 0 Å². The Morgan fingerprint density at radius 3 is 2.65 bits per heavy atom. The summed E-state index contributed by atoms with van der Waals surface area (Å²) in [5.41, 5.74) is 7.64. The van der Waals surface area contributed by atoms with Crippen molar-refractivity contribution in [1.82, 2.24) is 0 Å². The molecule has 0 unspecified atom stereocenters. The van der Waals surface area contributed by atoms with Gasteiger partial charge < -0.3 is 15.6 Å². The van der Waals surface area contributed by atoms with E-state index >= 15 is 0 Å². The first-order valence-corrected chi connectivity index (χ1v) is 5.72. The van der Waals surface area contributed by atoms with Gasteiger partial charge in [0.25, 0.3) is 0 Å². The highest BCUT2D eigenvalue weighted by Gasteiger charge is 2.18. The van der Waals surface area contributed by atoms with Crippen LogP contribution in [0, 0.1) is 0 Å². The fraction of sp³-hybridized carbons (Fsp3) is 0.333. The Labute approximate surface area is 116 Å². The van der Waals surface area contributed by atoms with Crippen LogP contribution in [-0.2, 0) is 0 Å². The van der Waals surface area contributed by atoms with Crippen molar-refractivity contribution in [1.29, 1.82) is 0 Å². The molecule has 5 heteroatoms. The topological polar surface area (TPSA) is 55.5 Å². The fourth-order valence-corrected chi connectivity index (χ4v) is 2.17. The standard InChI is InChI=1S/C12H16BrNO2.ClH/c1-7(2)6-9(14)11-8(13)4-5-10(16-3)12(11)15;/h4-5,9,15H,1,6,14H2,2-3H3;1H/t9-;/m0./s1. The summed E-state index contributed by atoms with van der Waals surface area (Å²) in [6.07, 6.45) is 0.624. The van der Waals surface area contributed by atoms with Crippen molar-refractivity contribution >= 4 is 28.3 Å². The van der Waals surface area contributed by atoms with E-state index < -0.39 is 0 Å². The second-order valence-electron chi connectivity index (χ2n) is 3.78. The molecule has 3 nitrogen and oxygen atoms in total. The number of rotatable bonds is 4. The predicted octanol–water partition coefficient (Wildman–Crippen LogP) is 3.55. The highest BCUT2D eigenvalue weighted by molar-refractivity contribution is 9.10. The largest absolute Gasteiger partial charge is 0.504 e. The Hall–Kier alpha value is -0.710. The van der Waals surface area contributed by atoms with Gasteiger partial charge in [0.2, 0.25) is 0 Å². The van der Waals surface area contributed by atoms with Gasteiger partial charge in [0.15, 0.2) is 11.5 Å². The quantitative estimate of drug-likeness (QED) is 0.834. The number of phenols is 1. The normalized spacial score (nSPS) is 11.5. The van der Waals surface area contributed by atoms with Crippen LogP contribution in [0.2, 0.25) is 0 Å². The van der Waals surface area contributed by atoms with Crippen molar-refractivity contribution in [2.45, 2.75) is 19.4 Å². The van der Waals surface area contributed by atoms with Crippen molar-refractivity contribution in [3.8, 4) is 11.5 Å². The lowest BCUT2D eigenvalue weighted by atomic mass is 10.00. The Morgan fingerprint density at radius 2 is 2.18 bits per heavy atom. The van der Waals surface area contributed by atoms with Crippen LogP contribution in [0.5, 0.6) is 11.5 Å². The minimum atomic E-state index is -0.290. The summed E-state index contributed by atoms with van der Waals surface area (Å²) < 4.78 is 5.82. The van der Waals surface area contributed by atoms with Gasteiger partial charge in [0.1, 0.15) is 0 Å². The third-order valence-electron chi connectivity index (χ3n) is 2.29. The van der Waals surface area contributed by atoms with Gasteiger partial charge in [0.05, 0.1) is 7.11 Å². The second-order valence-corrected chi connectivity index (χ2v) is 4.63. The minimum Gasteiger partial charge on any atom is -0.504 e. The van der Waals surface area contributed by atoms with E-state index in [0.29, 0.717) is 17.7 Å². The molecule has 0 heterocycles. The summed E-state index contributed by atoms with van der Waals surface area (Å²) in [4.78, 5) is 0. The number of hydrogen-bond donors (Lipinski definition) is 2. The predicted molar refractivity (Wildman–Crippen MR) is 76.0 cm³/mol. The minimum absolute atomic E-state index is 0. The molecule has 0 aromatic heterocycles. The molecule has 0 saturated carbocycles. The molecule has 0 saturated heterocycles. The van der Waals surface area contributed by atoms with Crippen molar-refractivity contribution in [3.05, 3.63) is 34.3 Å². The third-order valence-corrected chi connectivity index (χ3v) is 2.98. The van der Waals surface area contributed by atoms with Gasteiger partial charge in [-0.15, -0.1) is 19.0 Å². The van der Waals surface area contributed by atoms with E-state index in [9.17, 15) is 5.11 Å². The maximum absolute atomic E-state index is 9.99. The average Bonchev–Trinajstić information content (AvgIpc) is 2.16. The van der Waals surface area contributed by atoms with Crippen LogP contribution in [0.15, 0.2) is 28.8 Å². The summed E-state index contributed by atoms with van der Waals surface area (Å²) in [5, 5.41) is 9.99. The van der Waals surface area contributed by atoms with Crippen molar-refractivity contribution in [2.75, 3.05) is 7.11 Å². The van der Waals surface area contributed by atoms with E-state index in [4.69, 9.17) is 10.5 Å². The smallest absolute Gasteiger partial charge is 0.163 e. The summed E-state index contributed by atoms with van der Waals surface area (Å²) >= 11 is 3.38. The lowest BCUT2D eigenvalue weighted by molar-refractivity contribution is 0.368. The van der Waals surface area contributed by atoms with Crippen LogP contribution >= 0.6 is 28.3 Å². The van der Waals surface area contributed by atoms with E-state index in [-0.39, 0.29) is 24.2 Å². The second kappa shape index (κ2) is 6.89. The van der Waals surface area contributed by atoms with Crippen molar-refractivity contribution in [3.63, 3.8) is 0 Å². The molecule has 0 spiro atoms. The summed E-state index contributed by atoms with van der Waals surface area (Å²) in [6.45, 7) is 5.72. The number of halogens is 2. The molecule has 17 heavy (non-hydrogen) atoms. The highest BCUT2D eigenvalue weighted by Crippen LogP contribution is 2.39. The SMILES string of the molecule is C=C(C)C[C@H](N)c1c(Br)ccc(OC)c1O.Cl. The van der Waals surface area contributed by atoms with E-state index in [1.165, 1.54) is 7.11 Å². The molecule has 0 bridgehead atoms. The first-order valence-electron chi connectivity index (χ1n) is 4.92. The highest BCUT2D eigenvalue weighted by atomic mass is 79.9. The maximum atomic E-state index is 9.99. The summed E-state index contributed by atoms with van der Waals surface area (Å²) in [6, 6.07) is 3.21. The van der Waals surface area contributed by atoms with E-state index in [1.54, 1.807) is 6.07 Å². The number of nitrogens with two attached hydrogens (primary N) is 1. The van der Waals surface area contributed by atoms with E-state index in [0.717, 1.165) is 10.0 Å². The molecule has 1 aromatic carbocycles. The van der Waals surface area contributed by atoms with Gasteiger partial charge in [-0.1, -0.05) is 21.5 Å². The van der Waals surface area contributed by atoms with Gasteiger partial charge in [-0.3, -0.25) is 0 Å². The van der Waals surface area contributed by atoms with Gasteiger partial charge in [-0.2, -0.15) is 0 Å². The van der Waals surface area contributed by atoms with Crippen LogP contribution in [-0.4, -0.2) is 12.2 Å². The molecule has 0 aliphatic carbocycles. The molecule has 0 aliphatic rings. The lowest BCUT2D eigenvalue weighted by Gasteiger charge is -2.17. The Bertz CT molecular complexity index is 410. The zero-order valence-corrected chi connectivity index (χ0v) is 12.3. The summed E-state index contributed by atoms with van der Waals surface area (Å²) in [5.74, 6) is 0.515. The van der Waals surface area contributed by atoms with Gasteiger partial charge in [-0.05, 0) is 25.5 Å². The third kappa shape index (κ3) is 3.91. The van der Waals surface area contributed by atoms with Crippen molar-refractivity contribution < 1.29 is 9.84 Å². The van der Waals surface area contributed by atoms with E-state index in [1.807, 2.05) is 13.0 Å². The average molecular weight is 323 g/mol. The Morgan fingerprint density at radius 1 is 1.59 bits per heavy atom. The first-order chi connectivity index (χ1) is 7.47. The van der Waals surface area contributed by atoms with E-state index in [2.05, 4.69) is 22.5 Å². The molecular weight excluding hydrogens is 305 g/mol. The van der Waals surface area contributed by atoms with Crippen LogP contribution in [0.4, 0.5) is 0 Å². The van der Waals surface area contributed by atoms with Crippen molar-refractivity contribution in [2.24, 2.45) is 5.73 Å². The number of methoxy groups -OCH3 is 1. The molecule has 1 atom stereocenters. The number of ether oxygens (including phenoxy) is 1. The van der Waals surface area contributed by atoms with Crippen LogP contribution in [0.1, 0.15) is 24.9 Å². The molecule has 0 fully saturated rings. The maximum Gasteiger partial charge on any atom is 0.163 e.